The SMILES string of the molecule is CC(Cc1cccs1)N(C)c1c(Cl)cccc1C(=O)O. The van der Waals surface area contributed by atoms with Crippen LogP contribution in [0.2, 0.25) is 5.02 Å². The Balaban J connectivity index is 2.28. The maximum Gasteiger partial charge on any atom is 0.337 e. The molecule has 0 amide bonds. The molecule has 0 aliphatic carbocycles. The molecule has 1 heterocycles. The molecular weight excluding hydrogens is 294 g/mol. The van der Waals surface area contributed by atoms with E-state index in [1.807, 2.05) is 23.4 Å². The fourth-order valence-electron chi connectivity index (χ4n) is 2.12. The van der Waals surface area contributed by atoms with Gasteiger partial charge in [-0.05, 0) is 30.5 Å². The summed E-state index contributed by atoms with van der Waals surface area (Å²) < 4.78 is 0. The van der Waals surface area contributed by atoms with E-state index in [0.29, 0.717) is 10.7 Å². The molecule has 3 nitrogen and oxygen atoms in total. The summed E-state index contributed by atoms with van der Waals surface area (Å²) in [6, 6.07) is 9.22. The van der Waals surface area contributed by atoms with Crippen LogP contribution in [-0.4, -0.2) is 24.2 Å². The zero-order valence-corrected chi connectivity index (χ0v) is 12.9. The molecule has 1 N–H and O–H groups in total. The fourth-order valence-corrected chi connectivity index (χ4v) is 3.26. The third-order valence-corrected chi connectivity index (χ3v) is 4.51. The van der Waals surface area contributed by atoms with E-state index in [1.165, 1.54) is 4.88 Å². The van der Waals surface area contributed by atoms with Gasteiger partial charge in [-0.1, -0.05) is 23.7 Å². The van der Waals surface area contributed by atoms with E-state index in [2.05, 4.69) is 13.0 Å². The number of thiophene rings is 1. The van der Waals surface area contributed by atoms with Crippen molar-refractivity contribution >= 4 is 34.6 Å². The topological polar surface area (TPSA) is 40.5 Å². The highest BCUT2D eigenvalue weighted by atomic mass is 35.5. The van der Waals surface area contributed by atoms with E-state index in [4.69, 9.17) is 11.6 Å². The second kappa shape index (κ2) is 6.29. The van der Waals surface area contributed by atoms with Gasteiger partial charge in [-0.15, -0.1) is 11.3 Å². The summed E-state index contributed by atoms with van der Waals surface area (Å²) in [5, 5.41) is 11.8. The first-order chi connectivity index (χ1) is 9.50. The van der Waals surface area contributed by atoms with Crippen LogP contribution in [0.4, 0.5) is 5.69 Å². The minimum Gasteiger partial charge on any atom is -0.478 e. The molecule has 0 saturated heterocycles. The van der Waals surface area contributed by atoms with Crippen LogP contribution in [0.3, 0.4) is 0 Å². The predicted molar refractivity (Wildman–Crippen MR) is 84.3 cm³/mol. The number of hydrogen-bond acceptors (Lipinski definition) is 3. The Kier molecular flexibility index (Phi) is 4.68. The van der Waals surface area contributed by atoms with E-state index >= 15 is 0 Å². The maximum absolute atomic E-state index is 11.3. The van der Waals surface area contributed by atoms with E-state index < -0.39 is 5.97 Å². The van der Waals surface area contributed by atoms with Crippen LogP contribution in [0.15, 0.2) is 35.7 Å². The number of aromatic carboxylic acids is 1. The number of hydrogen-bond donors (Lipinski definition) is 1. The lowest BCUT2D eigenvalue weighted by molar-refractivity contribution is 0.0697. The van der Waals surface area contributed by atoms with Gasteiger partial charge in [0.1, 0.15) is 0 Å². The lowest BCUT2D eigenvalue weighted by atomic mass is 10.1. The van der Waals surface area contributed by atoms with Gasteiger partial charge in [-0.3, -0.25) is 0 Å². The number of nitrogens with zero attached hydrogens (tertiary/aromatic N) is 1. The van der Waals surface area contributed by atoms with Gasteiger partial charge >= 0.3 is 5.97 Å². The Morgan fingerprint density at radius 2 is 2.15 bits per heavy atom. The molecule has 0 saturated carbocycles. The van der Waals surface area contributed by atoms with E-state index in [0.717, 1.165) is 6.42 Å². The molecule has 2 aromatic rings. The Morgan fingerprint density at radius 3 is 2.75 bits per heavy atom. The van der Waals surface area contributed by atoms with E-state index in [-0.39, 0.29) is 11.6 Å². The Morgan fingerprint density at radius 1 is 1.40 bits per heavy atom. The van der Waals surface area contributed by atoms with Crippen molar-refractivity contribution in [1.29, 1.82) is 0 Å². The third kappa shape index (κ3) is 3.14. The number of para-hydroxylation sites is 1. The normalized spacial score (nSPS) is 12.2. The number of benzene rings is 1. The highest BCUT2D eigenvalue weighted by molar-refractivity contribution is 7.09. The largest absolute Gasteiger partial charge is 0.478 e. The van der Waals surface area contributed by atoms with Crippen molar-refractivity contribution < 1.29 is 9.90 Å². The number of halogens is 1. The summed E-state index contributed by atoms with van der Waals surface area (Å²) in [5.74, 6) is -0.960. The lowest BCUT2D eigenvalue weighted by Crippen LogP contribution is -2.32. The number of carboxylic acids is 1. The summed E-state index contributed by atoms with van der Waals surface area (Å²) in [6.45, 7) is 2.06. The summed E-state index contributed by atoms with van der Waals surface area (Å²) >= 11 is 7.89. The van der Waals surface area contributed by atoms with Gasteiger partial charge in [0.05, 0.1) is 16.3 Å². The van der Waals surface area contributed by atoms with Crippen LogP contribution in [0.5, 0.6) is 0 Å². The van der Waals surface area contributed by atoms with Crippen LogP contribution in [0, 0.1) is 0 Å². The second-order valence-electron chi connectivity index (χ2n) is 4.68. The summed E-state index contributed by atoms with van der Waals surface area (Å²) in [6.07, 6.45) is 0.860. The van der Waals surface area contributed by atoms with Crippen molar-refractivity contribution in [3.8, 4) is 0 Å². The van der Waals surface area contributed by atoms with Crippen molar-refractivity contribution in [2.24, 2.45) is 0 Å². The van der Waals surface area contributed by atoms with Gasteiger partial charge < -0.3 is 10.0 Å². The van der Waals surface area contributed by atoms with Crippen LogP contribution < -0.4 is 4.90 Å². The molecule has 5 heteroatoms. The fraction of sp³-hybridized carbons (Fsp3) is 0.267. The molecule has 0 bridgehead atoms. The second-order valence-corrected chi connectivity index (χ2v) is 6.12. The first-order valence-electron chi connectivity index (χ1n) is 6.27. The molecule has 20 heavy (non-hydrogen) atoms. The molecule has 1 aromatic heterocycles. The predicted octanol–water partition coefficient (Wildman–Crippen LogP) is 4.17. The van der Waals surface area contributed by atoms with Gasteiger partial charge in [0.2, 0.25) is 0 Å². The van der Waals surface area contributed by atoms with Crippen LogP contribution in [0.1, 0.15) is 22.2 Å². The molecule has 1 unspecified atom stereocenters. The molecule has 0 spiro atoms. The molecule has 106 valence electrons. The van der Waals surface area contributed by atoms with Crippen LogP contribution >= 0.6 is 22.9 Å². The minimum absolute atomic E-state index is 0.159. The van der Waals surface area contributed by atoms with Crippen LogP contribution in [0.25, 0.3) is 0 Å². The van der Waals surface area contributed by atoms with Gasteiger partial charge in [0.25, 0.3) is 0 Å². The van der Waals surface area contributed by atoms with Crippen molar-refractivity contribution in [2.75, 3.05) is 11.9 Å². The summed E-state index contributed by atoms with van der Waals surface area (Å²) in [4.78, 5) is 14.5. The third-order valence-electron chi connectivity index (χ3n) is 3.31. The molecule has 1 aromatic carbocycles. The summed E-state index contributed by atoms with van der Waals surface area (Å²) in [5.41, 5.74) is 0.809. The van der Waals surface area contributed by atoms with Crippen molar-refractivity contribution in [3.63, 3.8) is 0 Å². The number of likely N-dealkylation sites (N-methyl/N-ethyl adjacent to an activating group) is 1. The lowest BCUT2D eigenvalue weighted by Gasteiger charge is -2.29. The molecular formula is C15H16ClNO2S. The minimum atomic E-state index is -0.960. The number of carboxylic acid groups (broad SMARTS) is 1. The van der Waals surface area contributed by atoms with Crippen molar-refractivity contribution in [2.45, 2.75) is 19.4 Å². The standard InChI is InChI=1S/C15H16ClNO2S/c1-10(9-11-5-4-8-20-11)17(2)14-12(15(18)19)6-3-7-13(14)16/h3-8,10H,9H2,1-2H3,(H,18,19). The van der Waals surface area contributed by atoms with Crippen molar-refractivity contribution in [1.82, 2.24) is 0 Å². The highest BCUT2D eigenvalue weighted by Gasteiger charge is 2.20. The van der Waals surface area contributed by atoms with E-state index in [1.54, 1.807) is 29.5 Å². The Labute approximate surface area is 127 Å². The van der Waals surface area contributed by atoms with Crippen LogP contribution in [-0.2, 0) is 6.42 Å². The smallest absolute Gasteiger partial charge is 0.337 e. The molecule has 0 radical (unpaired) electrons. The number of anilines is 1. The van der Waals surface area contributed by atoms with Gasteiger partial charge in [0.15, 0.2) is 0 Å². The average Bonchev–Trinajstić information content (AvgIpc) is 2.90. The quantitative estimate of drug-likeness (QED) is 0.901. The number of carbonyl (C=O) groups is 1. The van der Waals surface area contributed by atoms with Crippen molar-refractivity contribution in [3.05, 3.63) is 51.2 Å². The van der Waals surface area contributed by atoms with Gasteiger partial charge in [-0.25, -0.2) is 4.79 Å². The Hall–Kier alpha value is -1.52. The molecule has 0 aliphatic heterocycles. The first-order valence-corrected chi connectivity index (χ1v) is 7.53. The number of rotatable bonds is 5. The van der Waals surface area contributed by atoms with E-state index in [9.17, 15) is 9.90 Å². The average molecular weight is 310 g/mol. The molecule has 0 aliphatic rings. The highest BCUT2D eigenvalue weighted by Crippen LogP contribution is 2.31. The zero-order valence-electron chi connectivity index (χ0n) is 11.3. The van der Waals surface area contributed by atoms with Gasteiger partial charge in [0, 0.05) is 24.4 Å². The molecule has 0 fully saturated rings. The molecule has 2 rings (SSSR count). The Bertz CT molecular complexity index is 598. The molecule has 1 atom stereocenters. The summed E-state index contributed by atoms with van der Waals surface area (Å²) in [7, 11) is 1.88. The van der Waals surface area contributed by atoms with Gasteiger partial charge in [-0.2, -0.15) is 0 Å². The zero-order chi connectivity index (χ0) is 14.7. The first kappa shape index (κ1) is 14.9. The maximum atomic E-state index is 11.3. The monoisotopic (exact) mass is 309 g/mol.